The first kappa shape index (κ1) is 17.3. The standard InChI is InChI=1S/C18H20N4O2S/c1-12(2)10-22-17(15-4-3-9-24-15)20-21-18(22)25-11-13-5-7-14(8-6-13)16(19)23/h3-9,12H,10-11H2,1-2H3,(H2,19,23). The minimum atomic E-state index is -0.418. The molecular formula is C18H20N4O2S. The molecule has 0 atom stereocenters. The van der Waals surface area contributed by atoms with Gasteiger partial charge >= 0.3 is 0 Å². The van der Waals surface area contributed by atoms with Crippen LogP contribution in [0.4, 0.5) is 0 Å². The third-order valence-corrected chi connectivity index (χ3v) is 4.65. The van der Waals surface area contributed by atoms with E-state index >= 15 is 0 Å². The second-order valence-electron chi connectivity index (χ2n) is 6.14. The molecule has 1 amide bonds. The monoisotopic (exact) mass is 356 g/mol. The number of thioether (sulfide) groups is 1. The molecule has 2 heterocycles. The summed E-state index contributed by atoms with van der Waals surface area (Å²) >= 11 is 1.61. The SMILES string of the molecule is CC(C)Cn1c(SCc2ccc(C(N)=O)cc2)nnc1-c1ccco1. The second kappa shape index (κ2) is 7.57. The molecule has 0 aliphatic heterocycles. The Morgan fingerprint density at radius 1 is 1.24 bits per heavy atom. The lowest BCUT2D eigenvalue weighted by Gasteiger charge is -2.11. The summed E-state index contributed by atoms with van der Waals surface area (Å²) in [6.45, 7) is 5.12. The normalized spacial score (nSPS) is 11.2. The Hall–Kier alpha value is -2.54. The third kappa shape index (κ3) is 4.11. The highest BCUT2D eigenvalue weighted by Crippen LogP contribution is 2.27. The zero-order chi connectivity index (χ0) is 17.8. The van der Waals surface area contributed by atoms with Gasteiger partial charge in [-0.05, 0) is 35.7 Å². The van der Waals surface area contributed by atoms with Crippen LogP contribution in [0.15, 0.2) is 52.2 Å². The summed E-state index contributed by atoms with van der Waals surface area (Å²) in [5.74, 6) is 2.22. The first-order chi connectivity index (χ1) is 12.0. The van der Waals surface area contributed by atoms with Gasteiger partial charge in [0.1, 0.15) is 0 Å². The van der Waals surface area contributed by atoms with E-state index in [9.17, 15) is 4.79 Å². The van der Waals surface area contributed by atoms with E-state index in [0.717, 1.165) is 28.8 Å². The van der Waals surface area contributed by atoms with Crippen molar-refractivity contribution in [2.75, 3.05) is 0 Å². The van der Waals surface area contributed by atoms with Crippen LogP contribution < -0.4 is 5.73 Å². The number of benzene rings is 1. The molecule has 0 bridgehead atoms. The molecule has 0 fully saturated rings. The maximum atomic E-state index is 11.1. The first-order valence-corrected chi connectivity index (χ1v) is 9.01. The summed E-state index contributed by atoms with van der Waals surface area (Å²) in [5, 5.41) is 9.47. The number of carbonyl (C=O) groups excluding carboxylic acids is 1. The lowest BCUT2D eigenvalue weighted by atomic mass is 10.1. The summed E-state index contributed by atoms with van der Waals surface area (Å²) in [7, 11) is 0. The van der Waals surface area contributed by atoms with E-state index in [1.165, 1.54) is 0 Å². The van der Waals surface area contributed by atoms with Gasteiger partial charge in [0.2, 0.25) is 5.91 Å². The minimum absolute atomic E-state index is 0.418. The topological polar surface area (TPSA) is 86.9 Å². The van der Waals surface area contributed by atoms with Gasteiger partial charge in [-0.3, -0.25) is 9.36 Å². The lowest BCUT2D eigenvalue weighted by Crippen LogP contribution is -2.10. The molecule has 0 radical (unpaired) electrons. The lowest BCUT2D eigenvalue weighted by molar-refractivity contribution is 0.100. The molecule has 0 aliphatic rings. The predicted octanol–water partition coefficient (Wildman–Crippen LogP) is 3.59. The number of nitrogens with two attached hydrogens (primary N) is 1. The van der Waals surface area contributed by atoms with Crippen LogP contribution in [0, 0.1) is 5.92 Å². The average Bonchev–Trinajstić information content (AvgIpc) is 3.22. The van der Waals surface area contributed by atoms with Crippen molar-refractivity contribution in [3.63, 3.8) is 0 Å². The molecule has 2 N–H and O–H groups in total. The van der Waals surface area contributed by atoms with Crippen molar-refractivity contribution in [3.8, 4) is 11.6 Å². The van der Waals surface area contributed by atoms with E-state index in [4.69, 9.17) is 10.2 Å². The van der Waals surface area contributed by atoms with Gasteiger partial charge < -0.3 is 10.2 Å². The number of hydrogen-bond acceptors (Lipinski definition) is 5. The Balaban J connectivity index is 1.78. The molecule has 7 heteroatoms. The Morgan fingerprint density at radius 3 is 2.60 bits per heavy atom. The van der Waals surface area contributed by atoms with Crippen LogP contribution in [0.3, 0.4) is 0 Å². The molecule has 0 spiro atoms. The van der Waals surface area contributed by atoms with Crippen LogP contribution in [0.5, 0.6) is 0 Å². The summed E-state index contributed by atoms with van der Waals surface area (Å²) in [5.41, 5.74) is 6.87. The molecule has 2 aromatic heterocycles. The molecule has 0 saturated heterocycles. The molecule has 1 aromatic carbocycles. The maximum Gasteiger partial charge on any atom is 0.248 e. The fraction of sp³-hybridized carbons (Fsp3) is 0.278. The van der Waals surface area contributed by atoms with Crippen molar-refractivity contribution < 1.29 is 9.21 Å². The molecule has 3 aromatic rings. The van der Waals surface area contributed by atoms with E-state index in [1.54, 1.807) is 30.2 Å². The zero-order valence-corrected chi connectivity index (χ0v) is 15.0. The van der Waals surface area contributed by atoms with Gasteiger partial charge in [0.05, 0.1) is 6.26 Å². The number of carbonyl (C=O) groups is 1. The number of aromatic nitrogens is 3. The molecular weight excluding hydrogens is 336 g/mol. The van der Waals surface area contributed by atoms with Gasteiger partial charge in [0.15, 0.2) is 16.7 Å². The largest absolute Gasteiger partial charge is 0.461 e. The van der Waals surface area contributed by atoms with Crippen molar-refractivity contribution in [2.45, 2.75) is 31.3 Å². The molecule has 25 heavy (non-hydrogen) atoms. The molecule has 0 saturated carbocycles. The molecule has 3 rings (SSSR count). The van der Waals surface area contributed by atoms with Crippen LogP contribution in [0.2, 0.25) is 0 Å². The van der Waals surface area contributed by atoms with Crippen LogP contribution in [0.1, 0.15) is 29.8 Å². The molecule has 6 nitrogen and oxygen atoms in total. The van der Waals surface area contributed by atoms with Crippen molar-refractivity contribution in [1.82, 2.24) is 14.8 Å². The van der Waals surface area contributed by atoms with Gasteiger partial charge in [0, 0.05) is 17.9 Å². The third-order valence-electron chi connectivity index (χ3n) is 3.61. The Bertz CT molecular complexity index is 839. The van der Waals surface area contributed by atoms with Crippen LogP contribution in [-0.4, -0.2) is 20.7 Å². The smallest absolute Gasteiger partial charge is 0.248 e. The second-order valence-corrected chi connectivity index (χ2v) is 7.08. The van der Waals surface area contributed by atoms with Crippen LogP contribution in [0.25, 0.3) is 11.6 Å². The highest BCUT2D eigenvalue weighted by molar-refractivity contribution is 7.98. The maximum absolute atomic E-state index is 11.1. The number of amides is 1. The number of nitrogens with zero attached hydrogens (tertiary/aromatic N) is 3. The number of furan rings is 1. The number of primary amides is 1. The van der Waals surface area contributed by atoms with E-state index in [2.05, 4.69) is 28.6 Å². The van der Waals surface area contributed by atoms with Gasteiger partial charge in [-0.15, -0.1) is 10.2 Å². The summed E-state index contributed by atoms with van der Waals surface area (Å²) in [6, 6.07) is 11.0. The number of hydrogen-bond donors (Lipinski definition) is 1. The van der Waals surface area contributed by atoms with Crippen molar-refractivity contribution >= 4 is 17.7 Å². The van der Waals surface area contributed by atoms with E-state index in [0.29, 0.717) is 17.2 Å². The zero-order valence-electron chi connectivity index (χ0n) is 14.2. The average molecular weight is 356 g/mol. The van der Waals surface area contributed by atoms with Crippen LogP contribution >= 0.6 is 11.8 Å². The molecule has 0 aliphatic carbocycles. The van der Waals surface area contributed by atoms with Gasteiger partial charge in [-0.2, -0.15) is 0 Å². The Morgan fingerprint density at radius 2 is 2.00 bits per heavy atom. The summed E-state index contributed by atoms with van der Waals surface area (Å²) in [4.78, 5) is 11.1. The van der Waals surface area contributed by atoms with Gasteiger partial charge in [-0.1, -0.05) is 37.7 Å². The van der Waals surface area contributed by atoms with Crippen molar-refractivity contribution in [3.05, 3.63) is 53.8 Å². The summed E-state index contributed by atoms with van der Waals surface area (Å²) in [6.07, 6.45) is 1.64. The Labute approximate surface area is 150 Å². The van der Waals surface area contributed by atoms with E-state index < -0.39 is 5.91 Å². The van der Waals surface area contributed by atoms with Crippen molar-refractivity contribution in [1.29, 1.82) is 0 Å². The fourth-order valence-electron chi connectivity index (χ4n) is 2.43. The summed E-state index contributed by atoms with van der Waals surface area (Å²) < 4.78 is 7.57. The highest BCUT2D eigenvalue weighted by Gasteiger charge is 2.17. The molecule has 130 valence electrons. The molecule has 0 unspecified atom stereocenters. The number of rotatable bonds is 7. The first-order valence-electron chi connectivity index (χ1n) is 8.03. The fourth-order valence-corrected chi connectivity index (χ4v) is 3.33. The van der Waals surface area contributed by atoms with E-state index in [1.807, 2.05) is 24.3 Å². The van der Waals surface area contributed by atoms with Crippen LogP contribution in [-0.2, 0) is 12.3 Å². The van der Waals surface area contributed by atoms with Gasteiger partial charge in [-0.25, -0.2) is 0 Å². The minimum Gasteiger partial charge on any atom is -0.461 e. The van der Waals surface area contributed by atoms with Crippen molar-refractivity contribution in [2.24, 2.45) is 11.7 Å². The van der Waals surface area contributed by atoms with E-state index in [-0.39, 0.29) is 0 Å². The quantitative estimate of drug-likeness (QED) is 0.654. The Kier molecular flexibility index (Phi) is 5.23. The van der Waals surface area contributed by atoms with Gasteiger partial charge in [0.25, 0.3) is 0 Å². The predicted molar refractivity (Wildman–Crippen MR) is 97.1 cm³/mol. The highest BCUT2D eigenvalue weighted by atomic mass is 32.2.